The highest BCUT2D eigenvalue weighted by Crippen LogP contribution is 2.34. The minimum absolute atomic E-state index is 0.0816. The Morgan fingerprint density at radius 2 is 2.00 bits per heavy atom. The van der Waals surface area contributed by atoms with E-state index in [0.29, 0.717) is 25.6 Å². The van der Waals surface area contributed by atoms with Crippen LogP contribution in [0.5, 0.6) is 5.75 Å². The molecule has 0 N–H and O–H groups in total. The van der Waals surface area contributed by atoms with Gasteiger partial charge in [0.25, 0.3) is 0 Å². The lowest BCUT2D eigenvalue weighted by Gasteiger charge is -2.18. The van der Waals surface area contributed by atoms with Crippen molar-refractivity contribution in [2.45, 2.75) is 59.1 Å². The number of rotatable bonds is 7. The molecule has 0 radical (unpaired) electrons. The van der Waals surface area contributed by atoms with Crippen LogP contribution in [-0.4, -0.2) is 40.9 Å². The molecule has 1 amide bonds. The molecule has 1 heterocycles. The van der Waals surface area contributed by atoms with Crippen LogP contribution >= 0.6 is 11.8 Å². The number of carbonyl (C=O) groups is 1. The summed E-state index contributed by atoms with van der Waals surface area (Å²) in [5.41, 5.74) is 3.63. The molecule has 138 valence electrons. The molecule has 0 unspecified atom stereocenters. The third-order valence-electron chi connectivity index (χ3n) is 4.43. The summed E-state index contributed by atoms with van der Waals surface area (Å²) in [5.74, 6) is 1.53. The first-order chi connectivity index (χ1) is 11.9. The number of nitrogens with zero attached hydrogens (tertiary/aromatic N) is 2. The van der Waals surface area contributed by atoms with Crippen molar-refractivity contribution in [2.75, 3.05) is 19.7 Å². The summed E-state index contributed by atoms with van der Waals surface area (Å²) < 4.78 is 5.81. The van der Waals surface area contributed by atoms with Crippen molar-refractivity contribution in [3.8, 4) is 5.75 Å². The molecule has 0 bridgehead atoms. The maximum absolute atomic E-state index is 12.7. The molecule has 0 aliphatic carbocycles. The number of aryl methyl sites for hydroxylation is 1. The lowest BCUT2D eigenvalue weighted by Crippen LogP contribution is -2.32. The van der Waals surface area contributed by atoms with E-state index in [4.69, 9.17) is 4.74 Å². The van der Waals surface area contributed by atoms with E-state index in [0.717, 1.165) is 17.3 Å². The molecule has 1 saturated heterocycles. The Labute approximate surface area is 156 Å². The molecule has 1 aromatic carbocycles. The standard InChI is InChI=1S/C20H30N2O2S/c1-7-21-20-22(8-2)19(23)18(25-20)12-15-11-16(13(4)5)17(24-9-3)10-14(15)6/h10-11,13,18H,7-9,12H2,1-6H3/t18-/m0/s1. The van der Waals surface area contributed by atoms with E-state index in [-0.39, 0.29) is 11.2 Å². The van der Waals surface area contributed by atoms with Crippen LogP contribution in [0.2, 0.25) is 0 Å². The van der Waals surface area contributed by atoms with Crippen molar-refractivity contribution in [2.24, 2.45) is 4.99 Å². The maximum Gasteiger partial charge on any atom is 0.242 e. The molecule has 5 heteroatoms. The van der Waals surface area contributed by atoms with E-state index >= 15 is 0 Å². The first-order valence-electron chi connectivity index (χ1n) is 9.21. The lowest BCUT2D eigenvalue weighted by molar-refractivity contribution is -0.126. The van der Waals surface area contributed by atoms with Gasteiger partial charge in [0.2, 0.25) is 5.91 Å². The van der Waals surface area contributed by atoms with Gasteiger partial charge in [0.1, 0.15) is 5.75 Å². The van der Waals surface area contributed by atoms with Crippen LogP contribution in [0.3, 0.4) is 0 Å². The maximum atomic E-state index is 12.7. The van der Waals surface area contributed by atoms with E-state index in [2.05, 4.69) is 37.9 Å². The Morgan fingerprint density at radius 1 is 1.28 bits per heavy atom. The number of benzene rings is 1. The van der Waals surface area contributed by atoms with Crippen molar-refractivity contribution >= 4 is 22.8 Å². The van der Waals surface area contributed by atoms with Gasteiger partial charge < -0.3 is 4.74 Å². The van der Waals surface area contributed by atoms with Crippen molar-refractivity contribution in [3.63, 3.8) is 0 Å². The van der Waals surface area contributed by atoms with Crippen LogP contribution in [-0.2, 0) is 11.2 Å². The van der Waals surface area contributed by atoms with Gasteiger partial charge in [-0.05, 0) is 62.8 Å². The summed E-state index contributed by atoms with van der Waals surface area (Å²) >= 11 is 1.60. The molecule has 0 spiro atoms. The molecule has 0 aromatic heterocycles. The quantitative estimate of drug-likeness (QED) is 0.722. The van der Waals surface area contributed by atoms with Crippen molar-refractivity contribution in [1.82, 2.24) is 4.90 Å². The Kier molecular flexibility index (Phi) is 6.94. The largest absolute Gasteiger partial charge is 0.494 e. The molecule has 2 rings (SSSR count). The highest BCUT2D eigenvalue weighted by molar-refractivity contribution is 8.15. The summed E-state index contributed by atoms with van der Waals surface area (Å²) in [6.45, 7) is 14.5. The average molecular weight is 363 g/mol. The number of aliphatic imine (C=N–C) groups is 1. The van der Waals surface area contributed by atoms with Crippen molar-refractivity contribution in [1.29, 1.82) is 0 Å². The Morgan fingerprint density at radius 3 is 2.56 bits per heavy atom. The highest BCUT2D eigenvalue weighted by Gasteiger charge is 2.37. The van der Waals surface area contributed by atoms with Crippen LogP contribution in [0.1, 0.15) is 57.2 Å². The van der Waals surface area contributed by atoms with E-state index in [1.165, 1.54) is 16.7 Å². The first kappa shape index (κ1) is 19.8. The second-order valence-corrected chi connectivity index (χ2v) is 7.72. The average Bonchev–Trinajstić information content (AvgIpc) is 2.85. The highest BCUT2D eigenvalue weighted by atomic mass is 32.2. The molecule has 0 saturated carbocycles. The number of hydrogen-bond acceptors (Lipinski definition) is 4. The minimum Gasteiger partial charge on any atom is -0.494 e. The van der Waals surface area contributed by atoms with E-state index in [1.54, 1.807) is 11.8 Å². The topological polar surface area (TPSA) is 41.9 Å². The predicted molar refractivity (Wildman–Crippen MR) is 107 cm³/mol. The number of hydrogen-bond donors (Lipinski definition) is 0. The Balaban J connectivity index is 2.29. The number of amides is 1. The van der Waals surface area contributed by atoms with E-state index in [9.17, 15) is 4.79 Å². The molecular weight excluding hydrogens is 332 g/mol. The third-order valence-corrected chi connectivity index (χ3v) is 5.64. The smallest absolute Gasteiger partial charge is 0.242 e. The van der Waals surface area contributed by atoms with Crippen molar-refractivity contribution in [3.05, 3.63) is 28.8 Å². The second kappa shape index (κ2) is 8.75. The zero-order valence-corrected chi connectivity index (χ0v) is 17.1. The lowest BCUT2D eigenvalue weighted by atomic mass is 9.94. The predicted octanol–water partition coefficient (Wildman–Crippen LogP) is 4.40. The van der Waals surface area contributed by atoms with Crippen LogP contribution in [0.25, 0.3) is 0 Å². The van der Waals surface area contributed by atoms with Gasteiger partial charge >= 0.3 is 0 Å². The number of carbonyl (C=O) groups excluding carboxylic acids is 1. The fourth-order valence-corrected chi connectivity index (χ4v) is 4.38. The summed E-state index contributed by atoms with van der Waals surface area (Å²) in [5, 5.41) is 0.787. The van der Waals surface area contributed by atoms with Crippen LogP contribution in [0.4, 0.5) is 0 Å². The first-order valence-corrected chi connectivity index (χ1v) is 10.1. The van der Waals surface area contributed by atoms with Crippen LogP contribution in [0.15, 0.2) is 17.1 Å². The number of amidine groups is 1. The number of thioether (sulfide) groups is 1. The normalized spacial score (nSPS) is 19.3. The van der Waals surface area contributed by atoms with E-state index in [1.807, 2.05) is 25.7 Å². The van der Waals surface area contributed by atoms with E-state index < -0.39 is 0 Å². The number of ether oxygens (including phenoxy) is 1. The third kappa shape index (κ3) is 4.38. The molecule has 25 heavy (non-hydrogen) atoms. The summed E-state index contributed by atoms with van der Waals surface area (Å²) in [6, 6.07) is 4.35. The SMILES string of the molecule is CCN=C1S[C@@H](Cc2cc(C(C)C)c(OCC)cc2C)C(=O)N1CC. The second-order valence-electron chi connectivity index (χ2n) is 6.55. The fourth-order valence-electron chi connectivity index (χ4n) is 3.08. The minimum atomic E-state index is -0.0816. The van der Waals surface area contributed by atoms with Crippen LogP contribution in [0, 0.1) is 6.92 Å². The molecule has 1 atom stereocenters. The molecule has 1 aliphatic heterocycles. The zero-order valence-electron chi connectivity index (χ0n) is 16.3. The van der Waals surface area contributed by atoms with Gasteiger partial charge in [0.05, 0.1) is 11.9 Å². The van der Waals surface area contributed by atoms with Gasteiger partial charge in [-0.2, -0.15) is 0 Å². The van der Waals surface area contributed by atoms with Crippen LogP contribution < -0.4 is 4.74 Å². The summed E-state index contributed by atoms with van der Waals surface area (Å²) in [6.07, 6.45) is 0.737. The van der Waals surface area contributed by atoms with Gasteiger partial charge in [0.15, 0.2) is 5.17 Å². The van der Waals surface area contributed by atoms with Crippen molar-refractivity contribution < 1.29 is 9.53 Å². The Hall–Kier alpha value is -1.49. The zero-order chi connectivity index (χ0) is 18.6. The molecule has 1 aliphatic rings. The summed E-state index contributed by atoms with van der Waals surface area (Å²) in [7, 11) is 0. The molecule has 1 fully saturated rings. The summed E-state index contributed by atoms with van der Waals surface area (Å²) in [4.78, 5) is 19.0. The monoisotopic (exact) mass is 362 g/mol. The fraction of sp³-hybridized carbons (Fsp3) is 0.600. The van der Waals surface area contributed by atoms with Gasteiger partial charge in [-0.25, -0.2) is 0 Å². The Bertz CT molecular complexity index is 655. The van der Waals surface area contributed by atoms with Gasteiger partial charge in [-0.15, -0.1) is 0 Å². The molecule has 1 aromatic rings. The van der Waals surface area contributed by atoms with Gasteiger partial charge in [-0.3, -0.25) is 14.7 Å². The molecular formula is C20H30N2O2S. The molecule has 4 nitrogen and oxygen atoms in total. The van der Waals surface area contributed by atoms with Gasteiger partial charge in [-0.1, -0.05) is 31.7 Å². The van der Waals surface area contributed by atoms with Gasteiger partial charge in [0, 0.05) is 13.1 Å².